The third-order valence-electron chi connectivity index (χ3n) is 3.94. The summed E-state index contributed by atoms with van der Waals surface area (Å²) in [5.74, 6) is 0. The highest BCUT2D eigenvalue weighted by atomic mass is 35.5. The Labute approximate surface area is 130 Å². The molecule has 0 aliphatic heterocycles. The second-order valence-corrected chi connectivity index (χ2v) is 5.80. The molecule has 106 valence electrons. The predicted molar refractivity (Wildman–Crippen MR) is 90.8 cm³/mol. The molecule has 0 aliphatic carbocycles. The first-order valence-corrected chi connectivity index (χ1v) is 7.52. The van der Waals surface area contributed by atoms with Crippen LogP contribution in [0, 0.1) is 6.92 Å². The van der Waals surface area contributed by atoms with Gasteiger partial charge in [0.25, 0.3) is 0 Å². The number of halogens is 1. The fraction of sp³-hybridized carbons (Fsp3) is 0.158. The van der Waals surface area contributed by atoms with Crippen LogP contribution >= 0.6 is 11.6 Å². The van der Waals surface area contributed by atoms with Crippen LogP contribution in [0.2, 0.25) is 5.02 Å². The van der Waals surface area contributed by atoms with Gasteiger partial charge >= 0.3 is 0 Å². The molecule has 0 fully saturated rings. The maximum Gasteiger partial charge on any atom is 0.0483 e. The lowest BCUT2D eigenvalue weighted by Gasteiger charge is -2.16. The first-order chi connectivity index (χ1) is 10.2. The maximum absolute atomic E-state index is 6.40. The highest BCUT2D eigenvalue weighted by Gasteiger charge is 2.13. The average molecular weight is 296 g/mol. The molecule has 3 aromatic rings. The SMILES string of the molecule is Cc1cccc(C(N)Cc2cccc3ccccc23)c1Cl. The van der Waals surface area contributed by atoms with E-state index in [0.717, 1.165) is 22.6 Å². The first kappa shape index (κ1) is 14.1. The third-order valence-corrected chi connectivity index (χ3v) is 4.46. The molecule has 0 radical (unpaired) electrons. The van der Waals surface area contributed by atoms with Crippen LogP contribution in [0.3, 0.4) is 0 Å². The van der Waals surface area contributed by atoms with Crippen molar-refractivity contribution in [3.8, 4) is 0 Å². The van der Waals surface area contributed by atoms with Crippen molar-refractivity contribution >= 4 is 22.4 Å². The van der Waals surface area contributed by atoms with E-state index in [0.29, 0.717) is 0 Å². The van der Waals surface area contributed by atoms with E-state index in [4.69, 9.17) is 17.3 Å². The summed E-state index contributed by atoms with van der Waals surface area (Å²) in [7, 11) is 0. The minimum absolute atomic E-state index is 0.0943. The van der Waals surface area contributed by atoms with Gasteiger partial charge in [0.1, 0.15) is 0 Å². The lowest BCUT2D eigenvalue weighted by molar-refractivity contribution is 0.725. The molecule has 0 aromatic heterocycles. The van der Waals surface area contributed by atoms with Crippen molar-refractivity contribution in [3.63, 3.8) is 0 Å². The van der Waals surface area contributed by atoms with E-state index in [1.54, 1.807) is 0 Å². The fourth-order valence-electron chi connectivity index (χ4n) is 2.77. The van der Waals surface area contributed by atoms with Gasteiger partial charge in [-0.1, -0.05) is 72.3 Å². The molecule has 1 unspecified atom stereocenters. The molecule has 2 N–H and O–H groups in total. The number of hydrogen-bond donors (Lipinski definition) is 1. The lowest BCUT2D eigenvalue weighted by atomic mass is 9.95. The van der Waals surface area contributed by atoms with Crippen LogP contribution in [0.5, 0.6) is 0 Å². The molecule has 0 aliphatic rings. The van der Waals surface area contributed by atoms with Gasteiger partial charge in [0.2, 0.25) is 0 Å². The van der Waals surface area contributed by atoms with Crippen LogP contribution < -0.4 is 5.73 Å². The van der Waals surface area contributed by atoms with Gasteiger partial charge in [0.15, 0.2) is 0 Å². The van der Waals surface area contributed by atoms with Crippen molar-refractivity contribution in [1.82, 2.24) is 0 Å². The Balaban J connectivity index is 1.97. The molecular weight excluding hydrogens is 278 g/mol. The standard InChI is InChI=1S/C19H18ClN/c1-13-6-4-11-17(19(13)20)18(21)12-15-9-5-8-14-7-2-3-10-16(14)15/h2-11,18H,12,21H2,1H3. The highest BCUT2D eigenvalue weighted by molar-refractivity contribution is 6.32. The molecule has 0 bridgehead atoms. The van der Waals surface area contributed by atoms with Crippen LogP contribution in [0.25, 0.3) is 10.8 Å². The summed E-state index contributed by atoms with van der Waals surface area (Å²) >= 11 is 6.39. The van der Waals surface area contributed by atoms with Crippen LogP contribution in [0.4, 0.5) is 0 Å². The molecule has 0 amide bonds. The monoisotopic (exact) mass is 295 g/mol. The summed E-state index contributed by atoms with van der Waals surface area (Å²) < 4.78 is 0. The van der Waals surface area contributed by atoms with Crippen LogP contribution in [-0.2, 0) is 6.42 Å². The van der Waals surface area contributed by atoms with Crippen molar-refractivity contribution in [2.75, 3.05) is 0 Å². The van der Waals surface area contributed by atoms with Crippen molar-refractivity contribution in [3.05, 3.63) is 82.4 Å². The third kappa shape index (κ3) is 2.80. The van der Waals surface area contributed by atoms with Gasteiger partial charge in [0.05, 0.1) is 0 Å². The fourth-order valence-corrected chi connectivity index (χ4v) is 3.04. The highest BCUT2D eigenvalue weighted by Crippen LogP contribution is 2.29. The van der Waals surface area contributed by atoms with E-state index in [9.17, 15) is 0 Å². The van der Waals surface area contributed by atoms with Gasteiger partial charge in [-0.3, -0.25) is 0 Å². The maximum atomic E-state index is 6.40. The van der Waals surface area contributed by atoms with E-state index >= 15 is 0 Å². The molecule has 2 heteroatoms. The zero-order valence-corrected chi connectivity index (χ0v) is 12.8. The van der Waals surface area contributed by atoms with E-state index in [2.05, 4.69) is 42.5 Å². The molecule has 0 saturated heterocycles. The van der Waals surface area contributed by atoms with Crippen LogP contribution in [-0.4, -0.2) is 0 Å². The number of hydrogen-bond acceptors (Lipinski definition) is 1. The molecule has 21 heavy (non-hydrogen) atoms. The van der Waals surface area contributed by atoms with E-state index in [1.165, 1.54) is 16.3 Å². The predicted octanol–water partition coefficient (Wildman–Crippen LogP) is 5.04. The van der Waals surface area contributed by atoms with Gasteiger partial charge in [-0.15, -0.1) is 0 Å². The molecule has 1 nitrogen and oxygen atoms in total. The largest absolute Gasteiger partial charge is 0.324 e. The number of fused-ring (bicyclic) bond motifs is 1. The van der Waals surface area contributed by atoms with E-state index < -0.39 is 0 Å². The number of rotatable bonds is 3. The molecule has 1 atom stereocenters. The number of aryl methyl sites for hydroxylation is 1. The molecule has 0 spiro atoms. The Kier molecular flexibility index (Phi) is 3.96. The van der Waals surface area contributed by atoms with E-state index in [1.807, 2.05) is 25.1 Å². The second-order valence-electron chi connectivity index (χ2n) is 5.43. The summed E-state index contributed by atoms with van der Waals surface area (Å²) in [6.07, 6.45) is 0.782. The van der Waals surface area contributed by atoms with Gasteiger partial charge < -0.3 is 5.73 Å². The van der Waals surface area contributed by atoms with Crippen molar-refractivity contribution in [2.45, 2.75) is 19.4 Å². The molecule has 3 rings (SSSR count). The summed E-state index contributed by atoms with van der Waals surface area (Å²) in [6.45, 7) is 2.01. The van der Waals surface area contributed by atoms with Crippen molar-refractivity contribution < 1.29 is 0 Å². The quantitative estimate of drug-likeness (QED) is 0.719. The van der Waals surface area contributed by atoms with Gasteiger partial charge in [-0.2, -0.15) is 0 Å². The Bertz CT molecular complexity index is 774. The Morgan fingerprint density at radius 3 is 2.52 bits per heavy atom. The second kappa shape index (κ2) is 5.88. The van der Waals surface area contributed by atoms with Crippen molar-refractivity contribution in [2.24, 2.45) is 5.73 Å². The minimum atomic E-state index is -0.0943. The minimum Gasteiger partial charge on any atom is -0.324 e. The molecule has 3 aromatic carbocycles. The van der Waals surface area contributed by atoms with Crippen LogP contribution in [0.1, 0.15) is 22.7 Å². The van der Waals surface area contributed by atoms with Crippen molar-refractivity contribution in [1.29, 1.82) is 0 Å². The van der Waals surface area contributed by atoms with Gasteiger partial charge in [-0.25, -0.2) is 0 Å². The summed E-state index contributed by atoms with van der Waals surface area (Å²) in [6, 6.07) is 20.7. The first-order valence-electron chi connectivity index (χ1n) is 7.14. The number of nitrogens with two attached hydrogens (primary N) is 1. The smallest absolute Gasteiger partial charge is 0.0483 e. The van der Waals surface area contributed by atoms with Gasteiger partial charge in [0, 0.05) is 11.1 Å². The van der Waals surface area contributed by atoms with Crippen LogP contribution in [0.15, 0.2) is 60.7 Å². The van der Waals surface area contributed by atoms with E-state index in [-0.39, 0.29) is 6.04 Å². The molecular formula is C19H18ClN. The number of benzene rings is 3. The Hall–Kier alpha value is -1.83. The molecule has 0 heterocycles. The average Bonchev–Trinajstić information content (AvgIpc) is 2.50. The summed E-state index contributed by atoms with van der Waals surface area (Å²) in [4.78, 5) is 0. The Morgan fingerprint density at radius 2 is 1.67 bits per heavy atom. The zero-order chi connectivity index (χ0) is 14.8. The summed E-state index contributed by atoms with van der Waals surface area (Å²) in [5, 5.41) is 3.29. The van der Waals surface area contributed by atoms with Gasteiger partial charge in [-0.05, 0) is 40.8 Å². The summed E-state index contributed by atoms with van der Waals surface area (Å²) in [5.41, 5.74) is 9.76. The lowest BCUT2D eigenvalue weighted by Crippen LogP contribution is -2.14. The normalized spacial score (nSPS) is 12.5. The zero-order valence-electron chi connectivity index (χ0n) is 12.0. The topological polar surface area (TPSA) is 26.0 Å². The Morgan fingerprint density at radius 1 is 0.952 bits per heavy atom. The molecule has 0 saturated carbocycles.